The van der Waals surface area contributed by atoms with Crippen LogP contribution in [0.25, 0.3) is 0 Å². The van der Waals surface area contributed by atoms with Crippen molar-refractivity contribution in [3.63, 3.8) is 0 Å². The van der Waals surface area contributed by atoms with Gasteiger partial charge in [-0.2, -0.15) is 0 Å². The maximum absolute atomic E-state index is 11.2. The zero-order valence-corrected chi connectivity index (χ0v) is 8.41. The van der Waals surface area contributed by atoms with E-state index in [1.54, 1.807) is 0 Å². The number of nitrogens with two attached hydrogens (primary N) is 1. The van der Waals surface area contributed by atoms with Crippen LogP contribution in [-0.2, 0) is 4.74 Å². The summed E-state index contributed by atoms with van der Waals surface area (Å²) in [6, 6.07) is -0.922. The van der Waals surface area contributed by atoms with Crippen molar-refractivity contribution >= 4 is 12.1 Å². The molecule has 0 heterocycles. The molecule has 1 rings (SSSR count). The van der Waals surface area contributed by atoms with Crippen molar-refractivity contribution in [3.05, 3.63) is 0 Å². The molecule has 0 aromatic carbocycles. The topological polar surface area (TPSA) is 81.4 Å². The molecule has 0 aliphatic heterocycles. The van der Waals surface area contributed by atoms with Crippen LogP contribution in [0, 0.1) is 12.3 Å². The highest BCUT2D eigenvalue weighted by atomic mass is 16.6. The lowest BCUT2D eigenvalue weighted by Crippen LogP contribution is -2.41. The summed E-state index contributed by atoms with van der Waals surface area (Å²) in [5.74, 6) is 2.49. The highest BCUT2D eigenvalue weighted by molar-refractivity contribution is 5.89. The van der Waals surface area contributed by atoms with E-state index >= 15 is 0 Å². The summed E-state index contributed by atoms with van der Waals surface area (Å²) in [6.07, 6.45) is 8.21. The molecule has 0 aromatic rings. The molecule has 0 aromatic heterocycles. The van der Waals surface area contributed by atoms with Crippen LogP contribution in [0.3, 0.4) is 0 Å². The highest BCUT2D eigenvalue weighted by Crippen LogP contribution is 2.35. The fourth-order valence-electron chi connectivity index (χ4n) is 1.84. The van der Waals surface area contributed by atoms with Gasteiger partial charge >= 0.3 is 12.1 Å². The fourth-order valence-corrected chi connectivity index (χ4v) is 1.84. The Hall–Kier alpha value is -1.70. The molecule has 0 unspecified atom stereocenters. The first-order valence-electron chi connectivity index (χ1n) is 4.81. The summed E-state index contributed by atoms with van der Waals surface area (Å²) in [4.78, 5) is 21.6. The number of alkyl carbamates (subject to hydrolysis) is 1. The van der Waals surface area contributed by atoms with E-state index < -0.39 is 17.7 Å². The van der Waals surface area contributed by atoms with Crippen LogP contribution in [0.2, 0.25) is 0 Å². The summed E-state index contributed by atoms with van der Waals surface area (Å²) in [5.41, 5.74) is 4.19. The van der Waals surface area contributed by atoms with Gasteiger partial charge in [0, 0.05) is 6.42 Å². The zero-order chi connectivity index (χ0) is 11.3. The molecule has 0 radical (unpaired) electrons. The number of amides is 3. The Bertz CT molecular complexity index is 300. The van der Waals surface area contributed by atoms with Gasteiger partial charge in [0.25, 0.3) is 0 Å². The molecule has 15 heavy (non-hydrogen) atoms. The van der Waals surface area contributed by atoms with Crippen LogP contribution in [0.4, 0.5) is 9.59 Å². The van der Waals surface area contributed by atoms with Gasteiger partial charge in [0.05, 0.1) is 0 Å². The predicted octanol–water partition coefficient (Wildman–Crippen LogP) is 1.13. The van der Waals surface area contributed by atoms with Gasteiger partial charge in [-0.05, 0) is 25.7 Å². The second kappa shape index (κ2) is 4.69. The van der Waals surface area contributed by atoms with Gasteiger partial charge in [0.1, 0.15) is 5.60 Å². The average Bonchev–Trinajstić information content (AvgIpc) is 2.51. The normalized spacial score (nSPS) is 17.8. The van der Waals surface area contributed by atoms with E-state index in [0.717, 1.165) is 25.7 Å². The summed E-state index contributed by atoms with van der Waals surface area (Å²) >= 11 is 0. The Morgan fingerprint density at radius 3 is 2.53 bits per heavy atom. The van der Waals surface area contributed by atoms with Gasteiger partial charge < -0.3 is 10.5 Å². The van der Waals surface area contributed by atoms with Crippen LogP contribution >= 0.6 is 0 Å². The number of carbonyl (C=O) groups is 2. The minimum atomic E-state index is -0.922. The lowest BCUT2D eigenvalue weighted by molar-refractivity contribution is 0.0218. The van der Waals surface area contributed by atoms with Gasteiger partial charge in [0.2, 0.25) is 0 Å². The molecule has 5 nitrogen and oxygen atoms in total. The molecule has 0 atom stereocenters. The van der Waals surface area contributed by atoms with Crippen molar-refractivity contribution in [2.45, 2.75) is 37.7 Å². The van der Waals surface area contributed by atoms with Gasteiger partial charge in [-0.25, -0.2) is 14.9 Å². The number of imide groups is 1. The largest absolute Gasteiger partial charge is 0.442 e. The minimum absolute atomic E-state index is 0.374. The van der Waals surface area contributed by atoms with E-state index in [1.165, 1.54) is 0 Å². The second-order valence-corrected chi connectivity index (χ2v) is 3.65. The number of hydrogen-bond donors (Lipinski definition) is 2. The van der Waals surface area contributed by atoms with Crippen LogP contribution in [0.1, 0.15) is 32.1 Å². The molecule has 3 amide bonds. The van der Waals surface area contributed by atoms with Crippen molar-refractivity contribution in [1.82, 2.24) is 5.32 Å². The number of ether oxygens (including phenoxy) is 1. The number of primary amides is 1. The maximum atomic E-state index is 11.2. The average molecular weight is 210 g/mol. The third-order valence-corrected chi connectivity index (χ3v) is 2.47. The van der Waals surface area contributed by atoms with Gasteiger partial charge in [-0.15, -0.1) is 12.3 Å². The molecule has 1 aliphatic carbocycles. The first-order chi connectivity index (χ1) is 7.08. The Kier molecular flexibility index (Phi) is 3.56. The standard InChI is InChI=1S/C10H14N2O3/c1-2-5-10(6-3-4-7-10)15-9(14)12-8(11)13/h1H,3-7H2,(H3,11,12,13,14). The molecule has 1 fully saturated rings. The Balaban J connectivity index is 2.55. The van der Waals surface area contributed by atoms with E-state index in [1.807, 2.05) is 5.32 Å². The highest BCUT2D eigenvalue weighted by Gasteiger charge is 2.37. The van der Waals surface area contributed by atoms with Crippen molar-refractivity contribution < 1.29 is 14.3 Å². The second-order valence-electron chi connectivity index (χ2n) is 3.65. The van der Waals surface area contributed by atoms with Gasteiger partial charge in [-0.3, -0.25) is 0 Å². The lowest BCUT2D eigenvalue weighted by Gasteiger charge is -2.26. The zero-order valence-electron chi connectivity index (χ0n) is 8.41. The summed E-state index contributed by atoms with van der Waals surface area (Å²) in [6.45, 7) is 0. The van der Waals surface area contributed by atoms with E-state index in [0.29, 0.717) is 6.42 Å². The number of hydrogen-bond acceptors (Lipinski definition) is 3. The molecule has 1 aliphatic rings. The number of nitrogens with one attached hydrogen (secondary N) is 1. The van der Waals surface area contributed by atoms with Gasteiger partial charge in [-0.1, -0.05) is 0 Å². The molecule has 0 spiro atoms. The predicted molar refractivity (Wildman–Crippen MR) is 53.8 cm³/mol. The van der Waals surface area contributed by atoms with E-state index in [2.05, 4.69) is 5.92 Å². The molecule has 0 saturated heterocycles. The summed E-state index contributed by atoms with van der Waals surface area (Å²) < 4.78 is 5.16. The van der Waals surface area contributed by atoms with E-state index in [4.69, 9.17) is 16.9 Å². The molecule has 0 bridgehead atoms. The monoisotopic (exact) mass is 210 g/mol. The fraction of sp³-hybridized carbons (Fsp3) is 0.600. The first-order valence-corrected chi connectivity index (χ1v) is 4.81. The van der Waals surface area contributed by atoms with E-state index in [-0.39, 0.29) is 0 Å². The molecular formula is C10H14N2O3. The Morgan fingerprint density at radius 2 is 2.07 bits per heavy atom. The van der Waals surface area contributed by atoms with Crippen LogP contribution in [-0.4, -0.2) is 17.7 Å². The Labute approximate surface area is 88.3 Å². The third kappa shape index (κ3) is 3.17. The van der Waals surface area contributed by atoms with Crippen molar-refractivity contribution in [3.8, 4) is 12.3 Å². The molecule has 5 heteroatoms. The van der Waals surface area contributed by atoms with Crippen LogP contribution in [0.15, 0.2) is 0 Å². The quantitative estimate of drug-likeness (QED) is 0.670. The number of urea groups is 1. The minimum Gasteiger partial charge on any atom is -0.442 e. The smallest absolute Gasteiger partial charge is 0.415 e. The third-order valence-electron chi connectivity index (χ3n) is 2.47. The SMILES string of the molecule is C#CCC1(OC(=O)NC(N)=O)CCCC1. The van der Waals surface area contributed by atoms with Gasteiger partial charge in [0.15, 0.2) is 0 Å². The molecule has 82 valence electrons. The Morgan fingerprint density at radius 1 is 1.47 bits per heavy atom. The first kappa shape index (κ1) is 11.4. The number of terminal acetylenes is 1. The maximum Gasteiger partial charge on any atom is 0.415 e. The van der Waals surface area contributed by atoms with Crippen molar-refractivity contribution in [2.24, 2.45) is 5.73 Å². The molecular weight excluding hydrogens is 196 g/mol. The van der Waals surface area contributed by atoms with Crippen molar-refractivity contribution in [2.75, 3.05) is 0 Å². The van der Waals surface area contributed by atoms with E-state index in [9.17, 15) is 9.59 Å². The summed E-state index contributed by atoms with van der Waals surface area (Å²) in [5, 5.41) is 1.86. The number of carbonyl (C=O) groups excluding carboxylic acids is 2. The van der Waals surface area contributed by atoms with Crippen molar-refractivity contribution in [1.29, 1.82) is 0 Å². The number of rotatable bonds is 2. The van der Waals surface area contributed by atoms with Crippen LogP contribution < -0.4 is 11.1 Å². The summed E-state index contributed by atoms with van der Waals surface area (Å²) in [7, 11) is 0. The molecule has 1 saturated carbocycles. The lowest BCUT2D eigenvalue weighted by atomic mass is 9.98. The van der Waals surface area contributed by atoms with Crippen LogP contribution in [0.5, 0.6) is 0 Å². The molecule has 3 N–H and O–H groups in total.